The van der Waals surface area contributed by atoms with Gasteiger partial charge in [0.15, 0.2) is 0 Å². The molecule has 1 fully saturated rings. The molecule has 2 aromatic carbocycles. The van der Waals surface area contributed by atoms with Crippen LogP contribution in [-0.4, -0.2) is 6.16 Å². The Morgan fingerprint density at radius 3 is 1.91 bits per heavy atom. The lowest BCUT2D eigenvalue weighted by Crippen LogP contribution is -2.13. The van der Waals surface area contributed by atoms with Gasteiger partial charge >= 0.3 is 6.16 Å². The highest BCUT2D eigenvalue weighted by Gasteiger charge is 2.15. The Morgan fingerprint density at radius 1 is 0.826 bits per heavy atom. The third-order valence-electron chi connectivity index (χ3n) is 4.17. The minimum atomic E-state index is -0.831. The van der Waals surface area contributed by atoms with E-state index >= 15 is 0 Å². The lowest BCUT2D eigenvalue weighted by atomic mass is 9.84. The summed E-state index contributed by atoms with van der Waals surface area (Å²) in [5, 5.41) is 0. The Bertz CT molecular complexity index is 643. The molecule has 0 radical (unpaired) electrons. The van der Waals surface area contributed by atoms with Crippen molar-refractivity contribution in [3.63, 3.8) is 0 Å². The van der Waals surface area contributed by atoms with Gasteiger partial charge in [-0.15, -0.1) is 0 Å². The first-order valence-electron chi connectivity index (χ1n) is 7.96. The highest BCUT2D eigenvalue weighted by atomic mass is 19.1. The summed E-state index contributed by atoms with van der Waals surface area (Å²) < 4.78 is 22.9. The van der Waals surface area contributed by atoms with Crippen LogP contribution in [0.25, 0.3) is 0 Å². The monoisotopic (exact) mass is 314 g/mol. The van der Waals surface area contributed by atoms with Crippen molar-refractivity contribution in [3.8, 4) is 11.5 Å². The molecule has 3 rings (SSSR count). The summed E-state index contributed by atoms with van der Waals surface area (Å²) in [6, 6.07) is 12.8. The molecule has 0 bridgehead atoms. The number of ether oxygens (including phenoxy) is 2. The molecule has 120 valence electrons. The van der Waals surface area contributed by atoms with Gasteiger partial charge in [0, 0.05) is 0 Å². The molecule has 1 aliphatic carbocycles. The summed E-state index contributed by atoms with van der Waals surface area (Å²) >= 11 is 0. The maximum absolute atomic E-state index is 12.8. The molecule has 0 spiro atoms. The van der Waals surface area contributed by atoms with Crippen LogP contribution in [0.2, 0.25) is 0 Å². The summed E-state index contributed by atoms with van der Waals surface area (Å²) in [6.07, 6.45) is 5.52. The summed E-state index contributed by atoms with van der Waals surface area (Å²) in [5.41, 5.74) is 1.30. The molecular formula is C19H19FO3. The van der Waals surface area contributed by atoms with Crippen LogP contribution in [0.3, 0.4) is 0 Å². The van der Waals surface area contributed by atoms with Crippen LogP contribution < -0.4 is 9.47 Å². The average Bonchev–Trinajstić information content (AvgIpc) is 2.58. The van der Waals surface area contributed by atoms with Crippen LogP contribution in [0, 0.1) is 5.82 Å². The minimum Gasteiger partial charge on any atom is -0.395 e. The number of halogens is 1. The molecule has 0 amide bonds. The molecule has 3 nitrogen and oxygen atoms in total. The molecule has 1 aliphatic rings. The van der Waals surface area contributed by atoms with E-state index in [0.29, 0.717) is 11.7 Å². The molecule has 1 saturated carbocycles. The third kappa shape index (κ3) is 4.31. The summed E-state index contributed by atoms with van der Waals surface area (Å²) in [5.74, 6) is 0.917. The van der Waals surface area contributed by atoms with Crippen molar-refractivity contribution in [2.24, 2.45) is 0 Å². The van der Waals surface area contributed by atoms with Gasteiger partial charge in [-0.05, 0) is 60.7 Å². The van der Waals surface area contributed by atoms with Gasteiger partial charge in [-0.1, -0.05) is 31.4 Å². The second-order valence-corrected chi connectivity index (χ2v) is 5.81. The fraction of sp³-hybridized carbons (Fsp3) is 0.316. The van der Waals surface area contributed by atoms with Crippen LogP contribution in [0.15, 0.2) is 48.5 Å². The van der Waals surface area contributed by atoms with Gasteiger partial charge in [-0.3, -0.25) is 0 Å². The van der Waals surface area contributed by atoms with Crippen LogP contribution >= 0.6 is 0 Å². The summed E-state index contributed by atoms with van der Waals surface area (Å²) in [4.78, 5) is 11.7. The molecule has 0 atom stereocenters. The van der Waals surface area contributed by atoms with Gasteiger partial charge in [-0.2, -0.15) is 0 Å². The van der Waals surface area contributed by atoms with E-state index in [9.17, 15) is 9.18 Å². The van der Waals surface area contributed by atoms with Crippen LogP contribution in [-0.2, 0) is 0 Å². The Balaban J connectivity index is 1.57. The summed E-state index contributed by atoms with van der Waals surface area (Å²) in [6.45, 7) is 0. The Hall–Kier alpha value is -2.36. The van der Waals surface area contributed by atoms with Gasteiger partial charge < -0.3 is 9.47 Å². The average molecular weight is 314 g/mol. The van der Waals surface area contributed by atoms with Crippen molar-refractivity contribution < 1.29 is 18.7 Å². The quantitative estimate of drug-likeness (QED) is 0.558. The van der Waals surface area contributed by atoms with Crippen molar-refractivity contribution in [1.29, 1.82) is 0 Å². The molecular weight excluding hydrogens is 295 g/mol. The van der Waals surface area contributed by atoms with Gasteiger partial charge in [0.2, 0.25) is 0 Å². The summed E-state index contributed by atoms with van der Waals surface area (Å²) in [7, 11) is 0. The predicted molar refractivity (Wildman–Crippen MR) is 85.3 cm³/mol. The lowest BCUT2D eigenvalue weighted by molar-refractivity contribution is 0.152. The van der Waals surface area contributed by atoms with Gasteiger partial charge in [0.25, 0.3) is 0 Å². The Morgan fingerprint density at radius 2 is 1.35 bits per heavy atom. The third-order valence-corrected chi connectivity index (χ3v) is 4.17. The molecule has 0 N–H and O–H groups in total. The highest BCUT2D eigenvalue weighted by molar-refractivity contribution is 5.67. The van der Waals surface area contributed by atoms with E-state index in [-0.39, 0.29) is 11.6 Å². The number of carbonyl (C=O) groups excluding carboxylic acids is 1. The van der Waals surface area contributed by atoms with Crippen molar-refractivity contribution in [1.82, 2.24) is 0 Å². The number of benzene rings is 2. The molecule has 0 saturated heterocycles. The van der Waals surface area contributed by atoms with Gasteiger partial charge in [-0.25, -0.2) is 9.18 Å². The zero-order valence-corrected chi connectivity index (χ0v) is 12.8. The van der Waals surface area contributed by atoms with Crippen LogP contribution in [0.4, 0.5) is 9.18 Å². The highest BCUT2D eigenvalue weighted by Crippen LogP contribution is 2.33. The molecule has 2 aromatic rings. The topological polar surface area (TPSA) is 35.5 Å². The molecule has 0 aliphatic heterocycles. The van der Waals surface area contributed by atoms with E-state index in [1.807, 2.05) is 12.1 Å². The van der Waals surface area contributed by atoms with E-state index in [4.69, 9.17) is 9.47 Å². The van der Waals surface area contributed by atoms with E-state index in [1.165, 1.54) is 61.9 Å². The second kappa shape index (κ2) is 7.27. The molecule has 4 heteroatoms. The van der Waals surface area contributed by atoms with E-state index in [2.05, 4.69) is 0 Å². The van der Waals surface area contributed by atoms with Crippen LogP contribution in [0.1, 0.15) is 43.6 Å². The zero-order valence-electron chi connectivity index (χ0n) is 12.8. The largest absolute Gasteiger partial charge is 0.519 e. The van der Waals surface area contributed by atoms with Crippen molar-refractivity contribution in [3.05, 3.63) is 59.9 Å². The Labute approximate surface area is 135 Å². The van der Waals surface area contributed by atoms with E-state index in [0.717, 1.165) is 0 Å². The Kier molecular flexibility index (Phi) is 4.91. The van der Waals surface area contributed by atoms with Crippen molar-refractivity contribution in [2.75, 3.05) is 0 Å². The molecule has 0 unspecified atom stereocenters. The molecule has 0 aromatic heterocycles. The first kappa shape index (κ1) is 15.5. The number of hydrogen-bond donors (Lipinski definition) is 0. The van der Waals surface area contributed by atoms with Gasteiger partial charge in [0.05, 0.1) is 0 Å². The zero-order chi connectivity index (χ0) is 16.1. The molecule has 0 heterocycles. The van der Waals surface area contributed by atoms with Gasteiger partial charge in [0.1, 0.15) is 17.3 Å². The lowest BCUT2D eigenvalue weighted by Gasteiger charge is -2.21. The SMILES string of the molecule is O=C(Oc1ccc(F)cc1)Oc1ccc(C2CCCCC2)cc1. The minimum absolute atomic E-state index is 0.246. The standard InChI is InChI=1S/C19H19FO3/c20-16-8-12-18(13-9-16)23-19(21)22-17-10-6-15(7-11-17)14-4-2-1-3-5-14/h6-14H,1-5H2. The van der Waals surface area contributed by atoms with Crippen molar-refractivity contribution in [2.45, 2.75) is 38.0 Å². The molecule has 23 heavy (non-hydrogen) atoms. The van der Waals surface area contributed by atoms with E-state index < -0.39 is 6.16 Å². The number of rotatable bonds is 3. The fourth-order valence-corrected chi connectivity index (χ4v) is 2.96. The predicted octanol–water partition coefficient (Wildman–Crippen LogP) is 5.45. The maximum Gasteiger partial charge on any atom is 0.519 e. The smallest absolute Gasteiger partial charge is 0.395 e. The van der Waals surface area contributed by atoms with Crippen molar-refractivity contribution >= 4 is 6.16 Å². The number of hydrogen-bond acceptors (Lipinski definition) is 3. The normalized spacial score (nSPS) is 15.2. The number of carbonyl (C=O) groups is 1. The first-order valence-corrected chi connectivity index (χ1v) is 7.96. The second-order valence-electron chi connectivity index (χ2n) is 5.81. The first-order chi connectivity index (χ1) is 11.2. The van der Waals surface area contributed by atoms with Crippen LogP contribution in [0.5, 0.6) is 11.5 Å². The van der Waals surface area contributed by atoms with E-state index in [1.54, 1.807) is 12.1 Å². The maximum atomic E-state index is 12.8. The fourth-order valence-electron chi connectivity index (χ4n) is 2.96.